The van der Waals surface area contributed by atoms with Gasteiger partial charge in [-0.1, -0.05) is 32.9 Å². The molecule has 1 aromatic carbocycles. The SMILES string of the molecule is CC1(C)C(Nc2ccccc2C#N)[C@]2(C)CC[C@H]1C2. The van der Waals surface area contributed by atoms with Crippen LogP contribution in [0.3, 0.4) is 0 Å². The van der Waals surface area contributed by atoms with Crippen molar-refractivity contribution >= 4 is 5.69 Å². The smallest absolute Gasteiger partial charge is 0.101 e. The van der Waals surface area contributed by atoms with Crippen molar-refractivity contribution in [3.63, 3.8) is 0 Å². The third-order valence-corrected chi connectivity index (χ3v) is 5.62. The van der Waals surface area contributed by atoms with Gasteiger partial charge in [0.2, 0.25) is 0 Å². The minimum Gasteiger partial charge on any atom is -0.380 e. The maximum atomic E-state index is 9.23. The van der Waals surface area contributed by atoms with E-state index in [1.807, 2.05) is 24.3 Å². The minimum atomic E-state index is 0.315. The summed E-state index contributed by atoms with van der Waals surface area (Å²) < 4.78 is 0. The number of benzene rings is 1. The van der Waals surface area contributed by atoms with Gasteiger partial charge in [-0.05, 0) is 48.1 Å². The molecule has 3 atom stereocenters. The van der Waals surface area contributed by atoms with Gasteiger partial charge in [0.05, 0.1) is 11.3 Å². The molecule has 0 spiro atoms. The van der Waals surface area contributed by atoms with Crippen molar-refractivity contribution in [2.24, 2.45) is 16.7 Å². The predicted octanol–water partition coefficient (Wildman–Crippen LogP) is 4.18. The van der Waals surface area contributed by atoms with Gasteiger partial charge in [-0.15, -0.1) is 0 Å². The first kappa shape index (κ1) is 12.5. The van der Waals surface area contributed by atoms with Gasteiger partial charge in [0.15, 0.2) is 0 Å². The molecule has 2 saturated carbocycles. The zero-order chi connectivity index (χ0) is 13.7. The molecule has 0 saturated heterocycles. The van der Waals surface area contributed by atoms with E-state index >= 15 is 0 Å². The second kappa shape index (κ2) is 4.00. The number of nitrogens with one attached hydrogen (secondary N) is 1. The molecule has 0 aromatic heterocycles. The second-order valence-corrected chi connectivity index (χ2v) is 7.15. The number of anilines is 1. The van der Waals surface area contributed by atoms with Gasteiger partial charge in [-0.25, -0.2) is 0 Å². The Morgan fingerprint density at radius 2 is 2.00 bits per heavy atom. The predicted molar refractivity (Wildman–Crippen MR) is 77.8 cm³/mol. The number of nitriles is 1. The summed E-state index contributed by atoms with van der Waals surface area (Å²) in [6.45, 7) is 7.18. The minimum absolute atomic E-state index is 0.315. The molecule has 2 aliphatic carbocycles. The van der Waals surface area contributed by atoms with E-state index in [0.29, 0.717) is 16.9 Å². The summed E-state index contributed by atoms with van der Waals surface area (Å²) in [5.41, 5.74) is 2.45. The van der Waals surface area contributed by atoms with Crippen LogP contribution >= 0.6 is 0 Å². The molecule has 19 heavy (non-hydrogen) atoms. The summed E-state index contributed by atoms with van der Waals surface area (Å²) >= 11 is 0. The van der Waals surface area contributed by atoms with Gasteiger partial charge < -0.3 is 5.32 Å². The summed E-state index contributed by atoms with van der Waals surface area (Å²) in [5.74, 6) is 0.823. The van der Waals surface area contributed by atoms with Crippen molar-refractivity contribution in [3.05, 3.63) is 29.8 Å². The molecular formula is C17H22N2. The summed E-state index contributed by atoms with van der Waals surface area (Å²) in [4.78, 5) is 0. The fraction of sp³-hybridized carbons (Fsp3) is 0.588. The fourth-order valence-corrected chi connectivity index (χ4v) is 4.52. The first-order valence-electron chi connectivity index (χ1n) is 7.23. The van der Waals surface area contributed by atoms with Crippen molar-refractivity contribution < 1.29 is 0 Å². The number of hydrogen-bond donors (Lipinski definition) is 1. The Balaban J connectivity index is 1.93. The Kier molecular flexibility index (Phi) is 2.64. The lowest BCUT2D eigenvalue weighted by Gasteiger charge is -2.43. The number of rotatable bonds is 2. The highest BCUT2D eigenvalue weighted by atomic mass is 15.0. The van der Waals surface area contributed by atoms with E-state index in [-0.39, 0.29) is 0 Å². The molecule has 1 unspecified atom stereocenters. The molecule has 2 nitrogen and oxygen atoms in total. The summed E-state index contributed by atoms with van der Waals surface area (Å²) in [6.07, 6.45) is 4.00. The van der Waals surface area contributed by atoms with Crippen LogP contribution < -0.4 is 5.32 Å². The second-order valence-electron chi connectivity index (χ2n) is 7.15. The molecule has 100 valence electrons. The van der Waals surface area contributed by atoms with E-state index in [1.165, 1.54) is 19.3 Å². The van der Waals surface area contributed by atoms with Crippen LogP contribution in [0.15, 0.2) is 24.3 Å². The first-order chi connectivity index (χ1) is 8.97. The van der Waals surface area contributed by atoms with E-state index in [2.05, 4.69) is 32.2 Å². The summed E-state index contributed by atoms with van der Waals surface area (Å²) in [6, 6.07) is 10.6. The largest absolute Gasteiger partial charge is 0.380 e. The molecule has 2 fully saturated rings. The molecule has 0 radical (unpaired) electrons. The highest BCUT2D eigenvalue weighted by Gasteiger charge is 2.59. The lowest BCUT2D eigenvalue weighted by molar-refractivity contribution is 0.155. The maximum absolute atomic E-state index is 9.23. The van der Waals surface area contributed by atoms with Crippen molar-refractivity contribution in [1.29, 1.82) is 5.26 Å². The van der Waals surface area contributed by atoms with E-state index in [1.54, 1.807) is 0 Å². The lowest BCUT2D eigenvalue weighted by atomic mass is 9.68. The van der Waals surface area contributed by atoms with Crippen molar-refractivity contribution in [2.45, 2.75) is 46.1 Å². The highest BCUT2D eigenvalue weighted by Crippen LogP contribution is 2.63. The highest BCUT2D eigenvalue weighted by molar-refractivity contribution is 5.58. The molecule has 1 N–H and O–H groups in total. The Morgan fingerprint density at radius 1 is 1.26 bits per heavy atom. The van der Waals surface area contributed by atoms with Gasteiger partial charge in [-0.3, -0.25) is 0 Å². The van der Waals surface area contributed by atoms with Crippen LogP contribution in [-0.2, 0) is 0 Å². The van der Waals surface area contributed by atoms with Gasteiger partial charge in [0.1, 0.15) is 6.07 Å². The molecule has 2 aliphatic rings. The number of fused-ring (bicyclic) bond motifs is 2. The number of hydrogen-bond acceptors (Lipinski definition) is 2. The van der Waals surface area contributed by atoms with Crippen molar-refractivity contribution in [3.8, 4) is 6.07 Å². The van der Waals surface area contributed by atoms with Crippen molar-refractivity contribution in [2.75, 3.05) is 5.32 Å². The lowest BCUT2D eigenvalue weighted by Crippen LogP contribution is -2.45. The molecule has 2 heteroatoms. The van der Waals surface area contributed by atoms with E-state index in [0.717, 1.165) is 17.2 Å². The van der Waals surface area contributed by atoms with Crippen LogP contribution in [0.25, 0.3) is 0 Å². The van der Waals surface area contributed by atoms with Crippen LogP contribution in [-0.4, -0.2) is 6.04 Å². The van der Waals surface area contributed by atoms with Crippen LogP contribution in [0.4, 0.5) is 5.69 Å². The summed E-state index contributed by atoms with van der Waals surface area (Å²) in [5, 5.41) is 12.9. The normalized spacial score (nSPS) is 35.1. The molecule has 0 amide bonds. The Hall–Kier alpha value is -1.49. The molecule has 0 heterocycles. The fourth-order valence-electron chi connectivity index (χ4n) is 4.52. The standard InChI is InChI=1S/C17H22N2/c1-16(2)13-8-9-17(3,10-13)15(16)19-14-7-5-4-6-12(14)11-18/h4-7,13,15,19H,8-10H2,1-3H3/t13-,15?,17+/m0/s1. The zero-order valence-electron chi connectivity index (χ0n) is 12.0. The van der Waals surface area contributed by atoms with Gasteiger partial charge >= 0.3 is 0 Å². The zero-order valence-corrected chi connectivity index (χ0v) is 12.0. The Bertz CT molecular complexity index is 536. The summed E-state index contributed by atoms with van der Waals surface area (Å²) in [7, 11) is 0. The van der Waals surface area contributed by atoms with E-state index in [4.69, 9.17) is 0 Å². The van der Waals surface area contributed by atoms with Crippen LogP contribution in [0.1, 0.15) is 45.6 Å². The Morgan fingerprint density at radius 3 is 2.63 bits per heavy atom. The van der Waals surface area contributed by atoms with E-state index in [9.17, 15) is 5.26 Å². The third kappa shape index (κ3) is 1.75. The molecule has 3 rings (SSSR count). The van der Waals surface area contributed by atoms with Crippen LogP contribution in [0, 0.1) is 28.1 Å². The van der Waals surface area contributed by atoms with Gasteiger partial charge in [0, 0.05) is 6.04 Å². The molecular weight excluding hydrogens is 232 g/mol. The first-order valence-corrected chi connectivity index (χ1v) is 7.23. The number of nitrogens with zero attached hydrogens (tertiary/aromatic N) is 1. The van der Waals surface area contributed by atoms with Crippen LogP contribution in [0.5, 0.6) is 0 Å². The van der Waals surface area contributed by atoms with Gasteiger partial charge in [-0.2, -0.15) is 5.26 Å². The van der Waals surface area contributed by atoms with E-state index < -0.39 is 0 Å². The Labute approximate surface area is 115 Å². The molecule has 0 aliphatic heterocycles. The van der Waals surface area contributed by atoms with Crippen molar-refractivity contribution in [1.82, 2.24) is 0 Å². The average molecular weight is 254 g/mol. The maximum Gasteiger partial charge on any atom is 0.101 e. The van der Waals surface area contributed by atoms with Gasteiger partial charge in [0.25, 0.3) is 0 Å². The average Bonchev–Trinajstić information content (AvgIpc) is 2.86. The topological polar surface area (TPSA) is 35.8 Å². The quantitative estimate of drug-likeness (QED) is 0.859. The molecule has 1 aromatic rings. The number of para-hydroxylation sites is 1. The third-order valence-electron chi connectivity index (χ3n) is 5.62. The monoisotopic (exact) mass is 254 g/mol. The molecule has 2 bridgehead atoms. The van der Waals surface area contributed by atoms with Crippen LogP contribution in [0.2, 0.25) is 0 Å².